The molecule has 7 nitrogen and oxygen atoms in total. The number of amides is 1. The summed E-state index contributed by atoms with van der Waals surface area (Å²) in [7, 11) is 5.59. The van der Waals surface area contributed by atoms with Gasteiger partial charge in [-0.3, -0.25) is 14.2 Å². The van der Waals surface area contributed by atoms with E-state index in [2.05, 4.69) is 15.9 Å². The number of likely N-dealkylation sites (N-methyl/N-ethyl adjacent to an activating group) is 1. The Morgan fingerprint density at radius 1 is 1.12 bits per heavy atom. The van der Waals surface area contributed by atoms with Gasteiger partial charge in [0.25, 0.3) is 11.5 Å². The molecule has 0 saturated carbocycles. The van der Waals surface area contributed by atoms with Gasteiger partial charge < -0.3 is 14.5 Å². The number of allylic oxidation sites excluding steroid dienone is 1. The van der Waals surface area contributed by atoms with Gasteiger partial charge in [0.2, 0.25) is 0 Å². The standard InChI is InChI=1S/C32H33BrN4O3S/c1-7-36(8-2)31(39)27-19(3)34-32-37(29(27)28-22-12-10-9-11-21(22)14-16-25(28)40-6)30(38)26(41-32)18-20-13-15-24(35(4)5)23(33)17-20/h9-18,29H,7-8H2,1-6H3/b26-18+/t29-/m0/s1. The molecule has 1 aliphatic rings. The minimum Gasteiger partial charge on any atom is -0.496 e. The van der Waals surface area contributed by atoms with E-state index in [1.165, 1.54) is 11.3 Å². The highest BCUT2D eigenvalue weighted by atomic mass is 79.9. The molecule has 3 aromatic carbocycles. The van der Waals surface area contributed by atoms with Crippen molar-refractivity contribution in [2.24, 2.45) is 4.99 Å². The fourth-order valence-electron chi connectivity index (χ4n) is 5.41. The van der Waals surface area contributed by atoms with Crippen LogP contribution in [0.2, 0.25) is 0 Å². The zero-order valence-corrected chi connectivity index (χ0v) is 26.5. The Bertz CT molecular complexity index is 1870. The second-order valence-electron chi connectivity index (χ2n) is 10.1. The number of rotatable bonds is 7. The molecule has 0 aliphatic carbocycles. The molecule has 0 N–H and O–H groups in total. The van der Waals surface area contributed by atoms with Crippen molar-refractivity contribution in [3.8, 4) is 5.75 Å². The van der Waals surface area contributed by atoms with Crippen LogP contribution in [0.25, 0.3) is 16.8 Å². The van der Waals surface area contributed by atoms with Crippen LogP contribution in [0, 0.1) is 0 Å². The van der Waals surface area contributed by atoms with Gasteiger partial charge in [-0.2, -0.15) is 0 Å². The Morgan fingerprint density at radius 3 is 2.51 bits per heavy atom. The summed E-state index contributed by atoms with van der Waals surface area (Å²) in [5.74, 6) is 0.486. The third kappa shape index (κ3) is 5.13. The van der Waals surface area contributed by atoms with Crippen LogP contribution in [0.5, 0.6) is 5.75 Å². The minimum absolute atomic E-state index is 0.131. The summed E-state index contributed by atoms with van der Waals surface area (Å²) in [6, 6.07) is 17.2. The van der Waals surface area contributed by atoms with E-state index in [9.17, 15) is 9.59 Å². The van der Waals surface area contributed by atoms with Gasteiger partial charge in [-0.05, 0) is 77.3 Å². The molecule has 1 atom stereocenters. The molecule has 41 heavy (non-hydrogen) atoms. The summed E-state index contributed by atoms with van der Waals surface area (Å²) in [5.41, 5.74) is 3.61. The number of ether oxygens (including phenoxy) is 1. The van der Waals surface area contributed by atoms with E-state index >= 15 is 0 Å². The van der Waals surface area contributed by atoms with E-state index in [-0.39, 0.29) is 11.5 Å². The molecule has 0 radical (unpaired) electrons. The fraction of sp³-hybridized carbons (Fsp3) is 0.281. The summed E-state index contributed by atoms with van der Waals surface area (Å²) in [4.78, 5) is 37.5. The highest BCUT2D eigenvalue weighted by Gasteiger charge is 2.36. The molecular formula is C32H33BrN4O3S. The number of halogens is 1. The first-order chi connectivity index (χ1) is 19.7. The van der Waals surface area contributed by atoms with Gasteiger partial charge >= 0.3 is 0 Å². The van der Waals surface area contributed by atoms with Crippen molar-refractivity contribution >= 4 is 55.7 Å². The summed E-state index contributed by atoms with van der Waals surface area (Å²) < 4.78 is 9.03. The molecule has 0 spiro atoms. The third-order valence-electron chi connectivity index (χ3n) is 7.48. The average molecular weight is 634 g/mol. The van der Waals surface area contributed by atoms with Crippen LogP contribution in [-0.4, -0.2) is 49.7 Å². The molecule has 0 fully saturated rings. The molecule has 5 rings (SSSR count). The van der Waals surface area contributed by atoms with Crippen LogP contribution in [0.1, 0.15) is 37.9 Å². The Kier molecular flexibility index (Phi) is 8.20. The number of hydrogen-bond donors (Lipinski definition) is 0. The first kappa shape index (κ1) is 28.8. The summed E-state index contributed by atoms with van der Waals surface area (Å²) in [5, 5.41) is 1.93. The number of carbonyl (C=O) groups is 1. The topological polar surface area (TPSA) is 67.1 Å². The molecule has 1 amide bonds. The van der Waals surface area contributed by atoms with E-state index in [4.69, 9.17) is 9.73 Å². The van der Waals surface area contributed by atoms with Crippen molar-refractivity contribution in [2.75, 3.05) is 39.2 Å². The number of anilines is 1. The molecule has 0 unspecified atom stereocenters. The lowest BCUT2D eigenvalue weighted by atomic mass is 9.90. The lowest BCUT2D eigenvalue weighted by molar-refractivity contribution is -0.127. The Hall–Kier alpha value is -3.69. The van der Waals surface area contributed by atoms with Gasteiger partial charge in [0.15, 0.2) is 4.80 Å². The number of fused-ring (bicyclic) bond motifs is 2. The predicted molar refractivity (Wildman–Crippen MR) is 171 cm³/mol. The van der Waals surface area contributed by atoms with Gasteiger partial charge in [0.1, 0.15) is 11.8 Å². The molecule has 0 saturated heterocycles. The van der Waals surface area contributed by atoms with Crippen LogP contribution in [-0.2, 0) is 4.79 Å². The van der Waals surface area contributed by atoms with E-state index in [1.807, 2.05) is 100 Å². The molecule has 1 aromatic heterocycles. The van der Waals surface area contributed by atoms with Gasteiger partial charge in [0.05, 0.1) is 28.6 Å². The number of nitrogens with zero attached hydrogens (tertiary/aromatic N) is 4. The number of benzene rings is 3. The first-order valence-electron chi connectivity index (χ1n) is 13.5. The zero-order chi connectivity index (χ0) is 29.4. The van der Waals surface area contributed by atoms with E-state index in [0.717, 1.165) is 32.1 Å². The van der Waals surface area contributed by atoms with Gasteiger partial charge in [0, 0.05) is 37.2 Å². The van der Waals surface area contributed by atoms with Crippen molar-refractivity contribution in [3.05, 3.63) is 101 Å². The number of aromatic nitrogens is 1. The summed E-state index contributed by atoms with van der Waals surface area (Å²) in [6.45, 7) is 6.87. The van der Waals surface area contributed by atoms with Gasteiger partial charge in [-0.25, -0.2) is 4.99 Å². The van der Waals surface area contributed by atoms with Crippen molar-refractivity contribution in [1.29, 1.82) is 0 Å². The summed E-state index contributed by atoms with van der Waals surface area (Å²) >= 11 is 4.98. The number of thiazole rings is 1. The van der Waals surface area contributed by atoms with Crippen LogP contribution >= 0.6 is 27.3 Å². The largest absolute Gasteiger partial charge is 0.496 e. The van der Waals surface area contributed by atoms with Crippen molar-refractivity contribution in [3.63, 3.8) is 0 Å². The second kappa shape index (κ2) is 11.7. The predicted octanol–water partition coefficient (Wildman–Crippen LogP) is 5.09. The molecule has 0 bridgehead atoms. The lowest BCUT2D eigenvalue weighted by Gasteiger charge is -2.30. The highest BCUT2D eigenvalue weighted by molar-refractivity contribution is 9.10. The van der Waals surface area contributed by atoms with Crippen molar-refractivity contribution in [1.82, 2.24) is 9.47 Å². The first-order valence-corrected chi connectivity index (χ1v) is 15.1. The van der Waals surface area contributed by atoms with Crippen LogP contribution in [0.3, 0.4) is 0 Å². The fourth-order valence-corrected chi connectivity index (χ4v) is 7.21. The zero-order valence-electron chi connectivity index (χ0n) is 24.1. The minimum atomic E-state index is -0.703. The quantitative estimate of drug-likeness (QED) is 0.285. The molecule has 2 heterocycles. The smallest absolute Gasteiger partial charge is 0.271 e. The Morgan fingerprint density at radius 2 is 1.85 bits per heavy atom. The number of carbonyl (C=O) groups excluding carboxylic acids is 1. The van der Waals surface area contributed by atoms with Crippen LogP contribution in [0.15, 0.2) is 80.1 Å². The van der Waals surface area contributed by atoms with Crippen LogP contribution in [0.4, 0.5) is 5.69 Å². The van der Waals surface area contributed by atoms with Crippen molar-refractivity contribution < 1.29 is 9.53 Å². The molecule has 9 heteroatoms. The molecule has 4 aromatic rings. The Balaban J connectivity index is 1.82. The van der Waals surface area contributed by atoms with Gasteiger partial charge in [-0.15, -0.1) is 0 Å². The van der Waals surface area contributed by atoms with E-state index in [1.54, 1.807) is 16.6 Å². The maximum atomic E-state index is 14.3. The second-order valence-corrected chi connectivity index (χ2v) is 11.9. The number of methoxy groups -OCH3 is 1. The molecule has 1 aliphatic heterocycles. The third-order valence-corrected chi connectivity index (χ3v) is 9.10. The highest BCUT2D eigenvalue weighted by Crippen LogP contribution is 2.40. The van der Waals surface area contributed by atoms with Crippen molar-refractivity contribution in [2.45, 2.75) is 26.8 Å². The number of hydrogen-bond acceptors (Lipinski definition) is 6. The molecular weight excluding hydrogens is 600 g/mol. The Labute approximate surface area is 251 Å². The van der Waals surface area contributed by atoms with E-state index < -0.39 is 6.04 Å². The monoisotopic (exact) mass is 632 g/mol. The summed E-state index contributed by atoms with van der Waals surface area (Å²) in [6.07, 6.45) is 1.89. The maximum Gasteiger partial charge on any atom is 0.271 e. The normalized spacial score (nSPS) is 15.1. The maximum absolute atomic E-state index is 14.3. The van der Waals surface area contributed by atoms with E-state index in [0.29, 0.717) is 39.4 Å². The lowest BCUT2D eigenvalue weighted by Crippen LogP contribution is -2.43. The van der Waals surface area contributed by atoms with Gasteiger partial charge in [-0.1, -0.05) is 47.7 Å². The molecule has 212 valence electrons. The van der Waals surface area contributed by atoms with Crippen LogP contribution < -0.4 is 24.5 Å². The SMILES string of the molecule is CCN(CC)C(=O)C1=C(C)N=c2s/c(=C/c3ccc(N(C)C)c(Br)c3)c(=O)n2[C@@H]1c1c(OC)ccc2ccccc12. The average Bonchev–Trinajstić information content (AvgIpc) is 3.26.